The quantitative estimate of drug-likeness (QED) is 0.787. The van der Waals surface area contributed by atoms with E-state index in [0.29, 0.717) is 18.8 Å². The Kier molecular flexibility index (Phi) is 4.54. The van der Waals surface area contributed by atoms with Crippen molar-refractivity contribution in [3.8, 4) is 6.07 Å². The lowest BCUT2D eigenvalue weighted by Crippen LogP contribution is -2.41. The Hall–Kier alpha value is -0.820. The smallest absolute Gasteiger partial charge is 0.142 e. The van der Waals surface area contributed by atoms with Crippen molar-refractivity contribution >= 4 is 23.2 Å². The summed E-state index contributed by atoms with van der Waals surface area (Å²) in [5.74, 6) is -0.249. The van der Waals surface area contributed by atoms with Crippen LogP contribution in [-0.2, 0) is 5.60 Å². The van der Waals surface area contributed by atoms with Crippen LogP contribution in [0.2, 0.25) is 10.0 Å². The van der Waals surface area contributed by atoms with Crippen LogP contribution in [-0.4, -0.2) is 5.11 Å². The van der Waals surface area contributed by atoms with Gasteiger partial charge in [-0.25, -0.2) is 4.39 Å². The molecule has 2 nitrogen and oxygen atoms in total. The number of rotatable bonds is 3. The van der Waals surface area contributed by atoms with Gasteiger partial charge in [0.1, 0.15) is 11.4 Å². The second-order valence-corrected chi connectivity index (χ2v) is 6.84. The maximum Gasteiger partial charge on any atom is 0.142 e. The van der Waals surface area contributed by atoms with Gasteiger partial charge in [0.05, 0.1) is 16.5 Å². The third-order valence-electron chi connectivity index (χ3n) is 4.87. The van der Waals surface area contributed by atoms with E-state index in [1.165, 1.54) is 6.07 Å². The van der Waals surface area contributed by atoms with E-state index >= 15 is 0 Å². The first-order chi connectivity index (χ1) is 9.77. The summed E-state index contributed by atoms with van der Waals surface area (Å²) in [6.07, 6.45) is 3.01. The Balaban J connectivity index is 2.51. The van der Waals surface area contributed by atoms with Crippen molar-refractivity contribution in [2.45, 2.75) is 45.1 Å². The fourth-order valence-electron chi connectivity index (χ4n) is 3.30. The van der Waals surface area contributed by atoms with Crippen molar-refractivity contribution in [1.82, 2.24) is 0 Å². The van der Waals surface area contributed by atoms with Crippen LogP contribution in [0.1, 0.15) is 45.1 Å². The molecule has 2 rings (SSSR count). The zero-order valence-electron chi connectivity index (χ0n) is 12.1. The summed E-state index contributed by atoms with van der Waals surface area (Å²) in [5.41, 5.74) is -2.24. The lowest BCUT2D eigenvalue weighted by atomic mass is 9.68. The molecule has 5 heteroatoms. The van der Waals surface area contributed by atoms with Crippen LogP contribution in [0, 0.1) is 28.5 Å². The van der Waals surface area contributed by atoms with Crippen molar-refractivity contribution in [1.29, 1.82) is 5.26 Å². The number of halogens is 3. The monoisotopic (exact) mass is 329 g/mol. The van der Waals surface area contributed by atoms with Gasteiger partial charge in [0, 0.05) is 10.6 Å². The molecule has 114 valence electrons. The van der Waals surface area contributed by atoms with E-state index in [1.807, 2.05) is 0 Å². The van der Waals surface area contributed by atoms with E-state index in [2.05, 4.69) is 13.0 Å². The van der Waals surface area contributed by atoms with Crippen LogP contribution in [0.4, 0.5) is 4.39 Å². The molecule has 0 radical (unpaired) electrons. The van der Waals surface area contributed by atoms with E-state index in [-0.39, 0.29) is 15.6 Å². The molecule has 21 heavy (non-hydrogen) atoms. The van der Waals surface area contributed by atoms with E-state index in [9.17, 15) is 14.8 Å². The van der Waals surface area contributed by atoms with Gasteiger partial charge in [0.15, 0.2) is 0 Å². The predicted octanol–water partition coefficient (Wildman–Crippen LogP) is 5.06. The minimum atomic E-state index is -1.52. The van der Waals surface area contributed by atoms with Gasteiger partial charge in [-0.15, -0.1) is 0 Å². The average molecular weight is 330 g/mol. The zero-order valence-corrected chi connectivity index (χ0v) is 13.6. The summed E-state index contributed by atoms with van der Waals surface area (Å²) < 4.78 is 13.8. The normalized spacial score (nSPS) is 28.1. The summed E-state index contributed by atoms with van der Waals surface area (Å²) in [5, 5.41) is 20.8. The van der Waals surface area contributed by atoms with E-state index in [4.69, 9.17) is 23.2 Å². The van der Waals surface area contributed by atoms with Crippen LogP contribution >= 0.6 is 23.2 Å². The highest BCUT2D eigenvalue weighted by molar-refractivity contribution is 6.35. The molecule has 1 aliphatic rings. The second kappa shape index (κ2) is 5.76. The van der Waals surface area contributed by atoms with E-state index in [1.54, 1.807) is 6.92 Å². The molecule has 1 aromatic rings. The Morgan fingerprint density at radius 2 is 2.14 bits per heavy atom. The van der Waals surface area contributed by atoms with Gasteiger partial charge in [-0.05, 0) is 44.2 Å². The van der Waals surface area contributed by atoms with Crippen molar-refractivity contribution in [2.75, 3.05) is 0 Å². The molecule has 1 fully saturated rings. The molecular formula is C16H18Cl2FNO. The molecule has 1 saturated carbocycles. The van der Waals surface area contributed by atoms with Crippen LogP contribution in [0.3, 0.4) is 0 Å². The molecule has 0 heterocycles. The second-order valence-electron chi connectivity index (χ2n) is 6.03. The van der Waals surface area contributed by atoms with Crippen LogP contribution in [0.25, 0.3) is 0 Å². The van der Waals surface area contributed by atoms with Crippen LogP contribution < -0.4 is 0 Å². The molecule has 0 aromatic heterocycles. The topological polar surface area (TPSA) is 44.0 Å². The standard InChI is InChI=1S/C16H18Cl2FNO/c1-3-10-4-5-16(8-10,9-20)15(2,21)11-6-14(19)13(18)7-12(11)17/h6-7,10,21H,3-5,8H2,1-2H3. The number of aliphatic hydroxyl groups is 1. The maximum absolute atomic E-state index is 13.8. The highest BCUT2D eigenvalue weighted by Gasteiger charge is 2.53. The Bertz CT molecular complexity index is 597. The zero-order chi connectivity index (χ0) is 15.8. The molecule has 0 amide bonds. The summed E-state index contributed by atoms with van der Waals surface area (Å²) in [6, 6.07) is 4.70. The van der Waals surface area contributed by atoms with Crippen LogP contribution in [0.15, 0.2) is 12.1 Å². The molecule has 1 N–H and O–H groups in total. The lowest BCUT2D eigenvalue weighted by molar-refractivity contribution is -0.0443. The number of hydrogen-bond acceptors (Lipinski definition) is 2. The molecular weight excluding hydrogens is 312 g/mol. The third-order valence-corrected chi connectivity index (χ3v) is 5.48. The SMILES string of the molecule is CCC1CCC(C#N)(C(C)(O)c2cc(F)c(Cl)cc2Cl)C1. The fourth-order valence-corrected chi connectivity index (χ4v) is 3.87. The molecule has 0 saturated heterocycles. The van der Waals surface area contributed by atoms with Gasteiger partial charge in [-0.3, -0.25) is 0 Å². The van der Waals surface area contributed by atoms with Gasteiger partial charge in [-0.1, -0.05) is 36.5 Å². The van der Waals surface area contributed by atoms with Crippen LogP contribution in [0.5, 0.6) is 0 Å². The average Bonchev–Trinajstić information content (AvgIpc) is 2.88. The first kappa shape index (κ1) is 16.5. The van der Waals surface area contributed by atoms with Gasteiger partial charge in [0.2, 0.25) is 0 Å². The molecule has 3 atom stereocenters. The Labute approximate surface area is 134 Å². The van der Waals surface area contributed by atoms with E-state index < -0.39 is 16.8 Å². The molecule has 3 unspecified atom stereocenters. The number of benzene rings is 1. The number of hydrogen-bond donors (Lipinski definition) is 1. The minimum Gasteiger partial charge on any atom is -0.384 e. The Morgan fingerprint density at radius 3 is 2.67 bits per heavy atom. The molecule has 0 spiro atoms. The Morgan fingerprint density at radius 1 is 1.48 bits per heavy atom. The predicted molar refractivity (Wildman–Crippen MR) is 81.7 cm³/mol. The highest BCUT2D eigenvalue weighted by atomic mass is 35.5. The molecule has 0 aliphatic heterocycles. The summed E-state index contributed by atoms with van der Waals surface area (Å²) >= 11 is 11.8. The van der Waals surface area contributed by atoms with Gasteiger partial charge < -0.3 is 5.11 Å². The van der Waals surface area contributed by atoms with Crippen molar-refractivity contribution in [2.24, 2.45) is 11.3 Å². The van der Waals surface area contributed by atoms with Crippen molar-refractivity contribution in [3.63, 3.8) is 0 Å². The molecule has 1 aliphatic carbocycles. The fraction of sp³-hybridized carbons (Fsp3) is 0.562. The van der Waals surface area contributed by atoms with Gasteiger partial charge in [0.25, 0.3) is 0 Å². The van der Waals surface area contributed by atoms with Gasteiger partial charge in [-0.2, -0.15) is 5.26 Å². The third kappa shape index (κ3) is 2.65. The largest absolute Gasteiger partial charge is 0.384 e. The highest BCUT2D eigenvalue weighted by Crippen LogP contribution is 2.54. The van der Waals surface area contributed by atoms with Crippen molar-refractivity contribution < 1.29 is 9.50 Å². The van der Waals surface area contributed by atoms with Crippen molar-refractivity contribution in [3.05, 3.63) is 33.6 Å². The molecule has 1 aromatic carbocycles. The van der Waals surface area contributed by atoms with Gasteiger partial charge >= 0.3 is 0 Å². The lowest BCUT2D eigenvalue weighted by Gasteiger charge is -2.38. The first-order valence-corrected chi connectivity index (χ1v) is 7.81. The first-order valence-electron chi connectivity index (χ1n) is 7.06. The summed E-state index contributed by atoms with van der Waals surface area (Å²) in [6.45, 7) is 3.62. The molecule has 0 bridgehead atoms. The number of nitriles is 1. The maximum atomic E-state index is 13.8. The minimum absolute atomic E-state index is 0.0941. The number of nitrogens with zero attached hydrogens (tertiary/aromatic N) is 1. The summed E-state index contributed by atoms with van der Waals surface area (Å²) in [4.78, 5) is 0. The van der Waals surface area contributed by atoms with E-state index in [0.717, 1.165) is 18.9 Å². The summed E-state index contributed by atoms with van der Waals surface area (Å²) in [7, 11) is 0.